The third-order valence-corrected chi connectivity index (χ3v) is 5.61. The van der Waals surface area contributed by atoms with Gasteiger partial charge in [-0.2, -0.15) is 0 Å². The monoisotopic (exact) mass is 381 g/mol. The van der Waals surface area contributed by atoms with Gasteiger partial charge >= 0.3 is 0 Å². The van der Waals surface area contributed by atoms with E-state index in [0.717, 1.165) is 19.6 Å². The molecule has 4 rings (SSSR count). The summed E-state index contributed by atoms with van der Waals surface area (Å²) in [7, 11) is 0. The van der Waals surface area contributed by atoms with Gasteiger partial charge in [-0.15, -0.1) is 0 Å². The zero-order chi connectivity index (χ0) is 19.7. The van der Waals surface area contributed by atoms with Crippen LogP contribution in [0.3, 0.4) is 0 Å². The first-order valence-corrected chi connectivity index (χ1v) is 10.1. The van der Waals surface area contributed by atoms with Crippen LogP contribution in [-0.4, -0.2) is 37.6 Å². The van der Waals surface area contributed by atoms with Crippen molar-refractivity contribution in [1.82, 2.24) is 10.6 Å². The van der Waals surface area contributed by atoms with Gasteiger partial charge in [-0.3, -0.25) is 4.79 Å². The Morgan fingerprint density at radius 1 is 1.18 bits per heavy atom. The smallest absolute Gasteiger partial charge is 0.251 e. The van der Waals surface area contributed by atoms with E-state index in [2.05, 4.69) is 41.0 Å². The molecular formula is C23H28FN3O. The van der Waals surface area contributed by atoms with E-state index in [1.54, 1.807) is 12.1 Å². The van der Waals surface area contributed by atoms with E-state index in [0.29, 0.717) is 29.1 Å². The van der Waals surface area contributed by atoms with Gasteiger partial charge in [0.25, 0.3) is 5.91 Å². The molecule has 2 N–H and O–H groups in total. The molecule has 2 aliphatic rings. The number of hydrogen-bond donors (Lipinski definition) is 2. The van der Waals surface area contributed by atoms with Crippen LogP contribution < -0.4 is 15.5 Å². The molecule has 2 aromatic carbocycles. The van der Waals surface area contributed by atoms with Crippen LogP contribution in [0.25, 0.3) is 0 Å². The molecule has 2 fully saturated rings. The van der Waals surface area contributed by atoms with Gasteiger partial charge in [0.05, 0.1) is 5.69 Å². The second kappa shape index (κ2) is 7.92. The van der Waals surface area contributed by atoms with E-state index in [4.69, 9.17) is 0 Å². The highest BCUT2D eigenvalue weighted by atomic mass is 19.1. The maximum absolute atomic E-state index is 14.5. The average Bonchev–Trinajstić information content (AvgIpc) is 3.41. The van der Waals surface area contributed by atoms with E-state index in [9.17, 15) is 9.18 Å². The Labute approximate surface area is 166 Å². The molecule has 148 valence electrons. The summed E-state index contributed by atoms with van der Waals surface area (Å²) >= 11 is 0. The van der Waals surface area contributed by atoms with Crippen molar-refractivity contribution in [1.29, 1.82) is 0 Å². The number of amides is 1. The van der Waals surface area contributed by atoms with Gasteiger partial charge in [-0.1, -0.05) is 30.3 Å². The van der Waals surface area contributed by atoms with Crippen molar-refractivity contribution >= 4 is 11.6 Å². The molecule has 0 spiro atoms. The third kappa shape index (κ3) is 4.20. The molecule has 0 bridgehead atoms. The van der Waals surface area contributed by atoms with E-state index >= 15 is 0 Å². The number of hydrogen-bond acceptors (Lipinski definition) is 3. The SMILES string of the molecule is CC(C)NC(=O)c1ccc(N2CC(CNC3CC3c3ccccc3)C2)c(F)c1. The lowest BCUT2D eigenvalue weighted by atomic mass is 9.98. The summed E-state index contributed by atoms with van der Waals surface area (Å²) in [4.78, 5) is 14.1. The molecule has 2 unspecified atom stereocenters. The summed E-state index contributed by atoms with van der Waals surface area (Å²) < 4.78 is 14.5. The summed E-state index contributed by atoms with van der Waals surface area (Å²) in [6, 6.07) is 16.0. The van der Waals surface area contributed by atoms with Gasteiger partial charge in [0, 0.05) is 49.1 Å². The second-order valence-corrected chi connectivity index (χ2v) is 8.33. The lowest BCUT2D eigenvalue weighted by Gasteiger charge is -2.41. The summed E-state index contributed by atoms with van der Waals surface area (Å²) in [5.41, 5.74) is 2.37. The van der Waals surface area contributed by atoms with Gasteiger partial charge in [-0.25, -0.2) is 4.39 Å². The van der Waals surface area contributed by atoms with E-state index < -0.39 is 0 Å². The number of carbonyl (C=O) groups is 1. The highest BCUT2D eigenvalue weighted by Gasteiger charge is 2.39. The fraction of sp³-hybridized carbons (Fsp3) is 0.435. The van der Waals surface area contributed by atoms with Gasteiger partial charge in [-0.05, 0) is 44.0 Å². The molecule has 1 saturated carbocycles. The predicted octanol–water partition coefficient (Wildman–Crippen LogP) is 3.55. The Hall–Kier alpha value is -2.40. The molecule has 0 radical (unpaired) electrons. The van der Waals surface area contributed by atoms with Crippen LogP contribution in [-0.2, 0) is 0 Å². The Morgan fingerprint density at radius 2 is 1.93 bits per heavy atom. The summed E-state index contributed by atoms with van der Waals surface area (Å²) in [5, 5.41) is 6.45. The first kappa shape index (κ1) is 18.9. The van der Waals surface area contributed by atoms with Crippen molar-refractivity contribution in [3.05, 3.63) is 65.5 Å². The molecule has 1 amide bonds. The largest absolute Gasteiger partial charge is 0.368 e. The molecule has 4 nitrogen and oxygen atoms in total. The van der Waals surface area contributed by atoms with Crippen LogP contribution in [0, 0.1) is 11.7 Å². The second-order valence-electron chi connectivity index (χ2n) is 8.33. The molecule has 2 aromatic rings. The number of anilines is 1. The first-order valence-electron chi connectivity index (χ1n) is 10.1. The number of nitrogens with one attached hydrogen (secondary N) is 2. The summed E-state index contributed by atoms with van der Waals surface area (Å²) in [6.45, 7) is 6.45. The fourth-order valence-electron chi connectivity index (χ4n) is 3.95. The number of rotatable bonds is 7. The molecule has 1 saturated heterocycles. The normalized spacial score (nSPS) is 21.5. The van der Waals surface area contributed by atoms with Gasteiger partial charge in [0.15, 0.2) is 0 Å². The van der Waals surface area contributed by atoms with Crippen LogP contribution in [0.5, 0.6) is 0 Å². The van der Waals surface area contributed by atoms with Gasteiger partial charge < -0.3 is 15.5 Å². The van der Waals surface area contributed by atoms with Gasteiger partial charge in [0.1, 0.15) is 5.82 Å². The minimum atomic E-state index is -0.325. The van der Waals surface area contributed by atoms with E-state index in [-0.39, 0.29) is 17.8 Å². The number of nitrogens with zero attached hydrogens (tertiary/aromatic N) is 1. The molecule has 5 heteroatoms. The quantitative estimate of drug-likeness (QED) is 0.771. The van der Waals surface area contributed by atoms with Crippen LogP contribution in [0.15, 0.2) is 48.5 Å². The molecule has 1 heterocycles. The number of benzene rings is 2. The van der Waals surface area contributed by atoms with Crippen molar-refractivity contribution < 1.29 is 9.18 Å². The van der Waals surface area contributed by atoms with Crippen LogP contribution >= 0.6 is 0 Å². The first-order chi connectivity index (χ1) is 13.5. The predicted molar refractivity (Wildman–Crippen MR) is 110 cm³/mol. The van der Waals surface area contributed by atoms with Crippen molar-refractivity contribution in [3.63, 3.8) is 0 Å². The maximum atomic E-state index is 14.5. The van der Waals surface area contributed by atoms with E-state index in [1.165, 1.54) is 18.1 Å². The third-order valence-electron chi connectivity index (χ3n) is 5.61. The van der Waals surface area contributed by atoms with Gasteiger partial charge in [0.2, 0.25) is 0 Å². The van der Waals surface area contributed by atoms with Crippen LogP contribution in [0.2, 0.25) is 0 Å². The Bertz CT molecular complexity index is 833. The minimum Gasteiger partial charge on any atom is -0.368 e. The molecule has 0 aromatic heterocycles. The average molecular weight is 381 g/mol. The zero-order valence-corrected chi connectivity index (χ0v) is 16.5. The minimum absolute atomic E-state index is 0.0341. The maximum Gasteiger partial charge on any atom is 0.251 e. The topological polar surface area (TPSA) is 44.4 Å². The lowest BCUT2D eigenvalue weighted by molar-refractivity contribution is 0.0942. The molecular weight excluding hydrogens is 353 g/mol. The van der Waals surface area contributed by atoms with Crippen molar-refractivity contribution in [2.24, 2.45) is 5.92 Å². The number of carbonyl (C=O) groups excluding carboxylic acids is 1. The van der Waals surface area contributed by atoms with Crippen LogP contribution in [0.1, 0.15) is 42.1 Å². The van der Waals surface area contributed by atoms with E-state index in [1.807, 2.05) is 18.7 Å². The molecule has 28 heavy (non-hydrogen) atoms. The zero-order valence-electron chi connectivity index (χ0n) is 16.5. The highest BCUT2D eigenvalue weighted by molar-refractivity contribution is 5.94. The van der Waals surface area contributed by atoms with Crippen molar-refractivity contribution in [2.45, 2.75) is 38.3 Å². The van der Waals surface area contributed by atoms with Crippen LogP contribution in [0.4, 0.5) is 10.1 Å². The summed E-state index contributed by atoms with van der Waals surface area (Å²) in [6.07, 6.45) is 1.20. The van der Waals surface area contributed by atoms with Crippen molar-refractivity contribution in [2.75, 3.05) is 24.5 Å². The Balaban J connectivity index is 1.24. The Kier molecular flexibility index (Phi) is 5.36. The number of halogens is 1. The molecule has 1 aliphatic heterocycles. The molecule has 1 aliphatic carbocycles. The van der Waals surface area contributed by atoms with Crippen molar-refractivity contribution in [3.8, 4) is 0 Å². The molecule has 2 atom stereocenters. The standard InChI is InChI=1S/C23H28FN3O/c1-15(2)26-23(28)18-8-9-22(20(24)10-18)27-13-16(14-27)12-25-21-11-19(21)17-6-4-3-5-7-17/h3-10,15-16,19,21,25H,11-14H2,1-2H3,(H,26,28). The Morgan fingerprint density at radius 3 is 2.61 bits per heavy atom. The summed E-state index contributed by atoms with van der Waals surface area (Å²) in [5.74, 6) is 0.623. The highest BCUT2D eigenvalue weighted by Crippen LogP contribution is 2.40. The lowest BCUT2D eigenvalue weighted by Crippen LogP contribution is -2.51. The fourth-order valence-corrected chi connectivity index (χ4v) is 3.95.